The van der Waals surface area contributed by atoms with Crippen LogP contribution in [0.3, 0.4) is 0 Å². The van der Waals surface area contributed by atoms with Crippen molar-refractivity contribution in [3.05, 3.63) is 81.7 Å². The molecule has 0 aromatic heterocycles. The highest BCUT2D eigenvalue weighted by Gasteiger charge is 2.36. The fraction of sp³-hybridized carbons (Fsp3) is 0. The minimum atomic E-state index is -0.301. The molecule has 1 fully saturated rings. The Kier molecular flexibility index (Phi) is 4.79. The normalized spacial score (nSPS) is 17.2. The zero-order valence-corrected chi connectivity index (χ0v) is 14.4. The van der Waals surface area contributed by atoms with E-state index in [9.17, 15) is 9.59 Å². The van der Waals surface area contributed by atoms with Crippen LogP contribution in [0, 0.1) is 0 Å². The van der Waals surface area contributed by atoms with E-state index in [0.29, 0.717) is 10.6 Å². The summed E-state index contributed by atoms with van der Waals surface area (Å²) in [4.78, 5) is 26.2. The van der Waals surface area contributed by atoms with E-state index in [4.69, 9.17) is 0 Å². The molecular formula is C18H12BrNO2S. The van der Waals surface area contributed by atoms with Crippen LogP contribution in [-0.4, -0.2) is 11.1 Å². The summed E-state index contributed by atoms with van der Waals surface area (Å²) in [6.07, 6.45) is 3.58. The molecule has 5 heteroatoms. The van der Waals surface area contributed by atoms with Crippen LogP contribution in [0.25, 0.3) is 6.08 Å². The number of benzene rings is 2. The molecular weight excluding hydrogens is 374 g/mol. The number of nitrogens with zero attached hydrogens (tertiary/aromatic N) is 1. The van der Waals surface area contributed by atoms with E-state index < -0.39 is 0 Å². The van der Waals surface area contributed by atoms with E-state index in [-0.39, 0.29) is 11.1 Å². The maximum atomic E-state index is 12.5. The van der Waals surface area contributed by atoms with Crippen molar-refractivity contribution in [2.45, 2.75) is 0 Å². The zero-order valence-electron chi connectivity index (χ0n) is 12.0. The van der Waals surface area contributed by atoms with E-state index >= 15 is 0 Å². The quantitative estimate of drug-likeness (QED) is 0.680. The van der Waals surface area contributed by atoms with Crippen LogP contribution in [0.4, 0.5) is 10.5 Å². The number of carbonyl (C=O) groups excluding carboxylic acids is 2. The van der Waals surface area contributed by atoms with Crippen LogP contribution < -0.4 is 4.90 Å². The minimum absolute atomic E-state index is 0.285. The first-order valence-electron chi connectivity index (χ1n) is 6.90. The molecule has 1 aliphatic heterocycles. The van der Waals surface area contributed by atoms with E-state index in [2.05, 4.69) is 15.9 Å². The fourth-order valence-electron chi connectivity index (χ4n) is 2.14. The molecule has 3 nitrogen and oxygen atoms in total. The third-order valence-corrected chi connectivity index (χ3v) is 4.51. The van der Waals surface area contributed by atoms with Gasteiger partial charge in [0.05, 0.1) is 10.6 Å². The Morgan fingerprint density at radius 3 is 2.22 bits per heavy atom. The van der Waals surface area contributed by atoms with Gasteiger partial charge in [-0.3, -0.25) is 9.59 Å². The maximum absolute atomic E-state index is 12.5. The molecule has 23 heavy (non-hydrogen) atoms. The summed E-state index contributed by atoms with van der Waals surface area (Å²) in [7, 11) is 0. The van der Waals surface area contributed by atoms with Crippen molar-refractivity contribution >= 4 is 50.6 Å². The Morgan fingerprint density at radius 2 is 1.57 bits per heavy atom. The van der Waals surface area contributed by atoms with Gasteiger partial charge >= 0.3 is 0 Å². The van der Waals surface area contributed by atoms with Crippen LogP contribution in [0.15, 0.2) is 76.1 Å². The summed E-state index contributed by atoms with van der Waals surface area (Å²) >= 11 is 4.38. The van der Waals surface area contributed by atoms with Gasteiger partial charge in [0.15, 0.2) is 0 Å². The average molecular weight is 386 g/mol. The summed E-state index contributed by atoms with van der Waals surface area (Å²) in [6.45, 7) is 0. The predicted molar refractivity (Wildman–Crippen MR) is 98.3 cm³/mol. The predicted octanol–water partition coefficient (Wildman–Crippen LogP) is 5.21. The van der Waals surface area contributed by atoms with E-state index in [0.717, 1.165) is 21.8 Å². The number of allylic oxidation sites excluding steroid dienone is 2. The molecule has 0 atom stereocenters. The van der Waals surface area contributed by atoms with Gasteiger partial charge in [0.1, 0.15) is 0 Å². The van der Waals surface area contributed by atoms with Crippen molar-refractivity contribution in [2.24, 2.45) is 0 Å². The molecule has 0 bridgehead atoms. The lowest BCUT2D eigenvalue weighted by Crippen LogP contribution is -2.27. The SMILES string of the molecule is O=C1SC(=C/C(Br)=C/c2ccccc2)C(=O)N1c1ccccc1. The van der Waals surface area contributed by atoms with E-state index in [1.54, 1.807) is 30.3 Å². The smallest absolute Gasteiger partial charge is 0.268 e. The Labute approximate surface area is 146 Å². The van der Waals surface area contributed by atoms with E-state index in [1.807, 2.05) is 42.5 Å². The topological polar surface area (TPSA) is 37.4 Å². The van der Waals surface area contributed by atoms with Gasteiger partial charge in [-0.15, -0.1) is 0 Å². The lowest BCUT2D eigenvalue weighted by molar-refractivity contribution is -0.113. The number of hydrogen-bond donors (Lipinski definition) is 0. The zero-order chi connectivity index (χ0) is 16.2. The molecule has 0 spiro atoms. The number of rotatable bonds is 3. The van der Waals surface area contributed by atoms with Crippen LogP contribution in [0.1, 0.15) is 5.56 Å². The fourth-order valence-corrected chi connectivity index (χ4v) is 3.62. The second-order valence-electron chi connectivity index (χ2n) is 4.79. The Hall–Kier alpha value is -2.11. The number of anilines is 1. The molecule has 114 valence electrons. The molecule has 0 unspecified atom stereocenters. The maximum Gasteiger partial charge on any atom is 0.298 e. The third kappa shape index (κ3) is 3.63. The van der Waals surface area contributed by atoms with Gasteiger partial charge < -0.3 is 0 Å². The molecule has 0 radical (unpaired) electrons. The standard InChI is InChI=1S/C18H12BrNO2S/c19-14(11-13-7-3-1-4-8-13)12-16-17(21)20(18(22)23-16)15-9-5-2-6-10-15/h1-12H/b14-11-,16-12?. The number of hydrogen-bond acceptors (Lipinski definition) is 3. The summed E-state index contributed by atoms with van der Waals surface area (Å²) in [5.41, 5.74) is 1.60. The molecule has 0 saturated carbocycles. The van der Waals surface area contributed by atoms with Gasteiger partial charge in [0.2, 0.25) is 0 Å². The highest BCUT2D eigenvalue weighted by molar-refractivity contribution is 9.12. The largest absolute Gasteiger partial charge is 0.298 e. The average Bonchev–Trinajstić information content (AvgIpc) is 2.83. The molecule has 1 heterocycles. The third-order valence-electron chi connectivity index (χ3n) is 3.18. The number of imide groups is 1. The molecule has 2 aromatic carbocycles. The highest BCUT2D eigenvalue weighted by atomic mass is 79.9. The van der Waals surface area contributed by atoms with Gasteiger partial charge in [-0.25, -0.2) is 4.90 Å². The Bertz CT molecular complexity index is 800. The molecule has 1 aliphatic rings. The van der Waals surface area contributed by atoms with Crippen LogP contribution in [0.2, 0.25) is 0 Å². The monoisotopic (exact) mass is 385 g/mol. The van der Waals surface area contributed by atoms with Gasteiger partial charge in [-0.1, -0.05) is 64.5 Å². The minimum Gasteiger partial charge on any atom is -0.268 e. The van der Waals surface area contributed by atoms with Crippen LogP contribution in [0.5, 0.6) is 0 Å². The van der Waals surface area contributed by atoms with Gasteiger partial charge in [0, 0.05) is 4.48 Å². The molecule has 2 aromatic rings. The first-order valence-corrected chi connectivity index (χ1v) is 8.51. The van der Waals surface area contributed by atoms with Crippen molar-refractivity contribution in [3.8, 4) is 0 Å². The Balaban J connectivity index is 1.86. The highest BCUT2D eigenvalue weighted by Crippen LogP contribution is 2.35. The van der Waals surface area contributed by atoms with Gasteiger partial charge in [0.25, 0.3) is 11.1 Å². The number of para-hydroxylation sites is 1. The first kappa shape index (κ1) is 15.8. The molecule has 0 N–H and O–H groups in total. The van der Waals surface area contributed by atoms with Gasteiger partial charge in [-0.2, -0.15) is 0 Å². The molecule has 2 amide bonds. The molecule has 0 aliphatic carbocycles. The molecule has 3 rings (SSSR count). The van der Waals surface area contributed by atoms with E-state index in [1.165, 1.54) is 4.90 Å². The number of halogens is 1. The summed E-state index contributed by atoms with van der Waals surface area (Å²) in [6, 6.07) is 18.7. The Morgan fingerprint density at radius 1 is 0.957 bits per heavy atom. The second-order valence-corrected chi connectivity index (χ2v) is 6.70. The number of thioether (sulfide) groups is 1. The van der Waals surface area contributed by atoms with Crippen LogP contribution >= 0.6 is 27.7 Å². The first-order chi connectivity index (χ1) is 11.1. The number of carbonyl (C=O) groups is 2. The second kappa shape index (κ2) is 6.98. The van der Waals surface area contributed by atoms with Crippen molar-refractivity contribution in [2.75, 3.05) is 4.90 Å². The van der Waals surface area contributed by atoms with Crippen molar-refractivity contribution in [1.29, 1.82) is 0 Å². The van der Waals surface area contributed by atoms with Crippen molar-refractivity contribution in [1.82, 2.24) is 0 Å². The van der Waals surface area contributed by atoms with Gasteiger partial charge in [-0.05, 0) is 41.6 Å². The lowest BCUT2D eigenvalue weighted by Gasteiger charge is -2.11. The number of amides is 2. The lowest BCUT2D eigenvalue weighted by atomic mass is 10.2. The van der Waals surface area contributed by atoms with Crippen LogP contribution in [-0.2, 0) is 4.79 Å². The van der Waals surface area contributed by atoms with Crippen molar-refractivity contribution in [3.63, 3.8) is 0 Å². The summed E-state index contributed by atoms with van der Waals surface area (Å²) in [5.74, 6) is -0.301. The summed E-state index contributed by atoms with van der Waals surface area (Å²) in [5, 5.41) is -0.285. The summed E-state index contributed by atoms with van der Waals surface area (Å²) < 4.78 is 0.738. The molecule has 1 saturated heterocycles. The van der Waals surface area contributed by atoms with Crippen molar-refractivity contribution < 1.29 is 9.59 Å².